The van der Waals surface area contributed by atoms with Crippen molar-refractivity contribution in [3.05, 3.63) is 18.2 Å². The van der Waals surface area contributed by atoms with Gasteiger partial charge in [-0.15, -0.1) is 0 Å². The van der Waals surface area contributed by atoms with Crippen molar-refractivity contribution < 1.29 is 9.15 Å². The molecule has 0 aliphatic carbocycles. The number of ether oxygens (including phenoxy) is 1. The van der Waals surface area contributed by atoms with Gasteiger partial charge in [-0.1, -0.05) is 0 Å². The second-order valence-corrected chi connectivity index (χ2v) is 6.56. The highest BCUT2D eigenvalue weighted by Gasteiger charge is 2.37. The van der Waals surface area contributed by atoms with Crippen LogP contribution in [-0.2, 0) is 0 Å². The van der Waals surface area contributed by atoms with E-state index in [9.17, 15) is 0 Å². The highest BCUT2D eigenvalue weighted by atomic mass is 16.5. The number of aromatic nitrogens is 2. The third-order valence-corrected chi connectivity index (χ3v) is 5.18. The first-order valence-electron chi connectivity index (χ1n) is 8.25. The molecule has 7 heteroatoms. The molecule has 2 saturated heterocycles. The molecule has 2 aliphatic heterocycles. The zero-order chi connectivity index (χ0) is 16.3. The van der Waals surface area contributed by atoms with Gasteiger partial charge in [-0.3, -0.25) is 0 Å². The summed E-state index contributed by atoms with van der Waals surface area (Å²) in [6, 6.07) is 6.24. The Bertz CT molecular complexity index is 926. The fraction of sp³-hybridized carbons (Fsp3) is 0.412. The number of furan rings is 1. The molecule has 7 nitrogen and oxygen atoms in total. The van der Waals surface area contributed by atoms with E-state index in [1.807, 2.05) is 18.2 Å². The number of methoxy groups -OCH3 is 1. The minimum atomic E-state index is 0.271. The molecule has 24 heavy (non-hydrogen) atoms. The van der Waals surface area contributed by atoms with Crippen molar-refractivity contribution in [1.29, 1.82) is 0 Å². The molecule has 2 fully saturated rings. The standard InChI is InChI=1S/C17H19N5O2/c1-23-10-2-3-13-11(6-10)14-15(24-13)16(21-17(18)20-14)22-7-9-4-5-19-12(9)8-22/h2-3,6,9,12,19H,4-5,7-8H2,1H3,(H2,18,20,21)/t9-,12+/m0/s1. The van der Waals surface area contributed by atoms with Crippen LogP contribution in [0.4, 0.5) is 11.8 Å². The van der Waals surface area contributed by atoms with Crippen LogP contribution in [0.25, 0.3) is 22.1 Å². The highest BCUT2D eigenvalue weighted by molar-refractivity contribution is 6.06. The first kappa shape index (κ1) is 13.9. The SMILES string of the molecule is COc1ccc2oc3c(N4C[C@@H]5CCN[C@@H]5C4)nc(N)nc3c2c1. The zero-order valence-corrected chi connectivity index (χ0v) is 13.5. The number of hydrogen-bond acceptors (Lipinski definition) is 7. The van der Waals surface area contributed by atoms with Crippen molar-refractivity contribution in [2.24, 2.45) is 5.92 Å². The lowest BCUT2D eigenvalue weighted by atomic mass is 10.1. The molecule has 5 rings (SSSR count). The van der Waals surface area contributed by atoms with Crippen LogP contribution in [0, 0.1) is 5.92 Å². The smallest absolute Gasteiger partial charge is 0.222 e. The Hall–Kier alpha value is -2.54. The summed E-state index contributed by atoms with van der Waals surface area (Å²) in [5, 5.41) is 4.46. The Morgan fingerprint density at radius 1 is 1.33 bits per heavy atom. The maximum Gasteiger partial charge on any atom is 0.222 e. The number of benzene rings is 1. The summed E-state index contributed by atoms with van der Waals surface area (Å²) in [4.78, 5) is 11.2. The van der Waals surface area contributed by atoms with E-state index in [1.165, 1.54) is 6.42 Å². The predicted molar refractivity (Wildman–Crippen MR) is 92.4 cm³/mol. The molecule has 0 unspecified atom stereocenters. The van der Waals surface area contributed by atoms with Gasteiger partial charge >= 0.3 is 0 Å². The molecule has 0 bridgehead atoms. The van der Waals surface area contributed by atoms with Crippen molar-refractivity contribution in [3.8, 4) is 5.75 Å². The van der Waals surface area contributed by atoms with Crippen molar-refractivity contribution >= 4 is 33.8 Å². The predicted octanol–water partition coefficient (Wildman–Crippen LogP) is 1.76. The minimum absolute atomic E-state index is 0.271. The van der Waals surface area contributed by atoms with E-state index < -0.39 is 0 Å². The summed E-state index contributed by atoms with van der Waals surface area (Å²) in [6.45, 7) is 3.01. The van der Waals surface area contributed by atoms with Crippen molar-refractivity contribution in [3.63, 3.8) is 0 Å². The third kappa shape index (κ3) is 1.94. The fourth-order valence-electron chi connectivity index (χ4n) is 3.99. The van der Waals surface area contributed by atoms with Gasteiger partial charge in [0.15, 0.2) is 11.4 Å². The largest absolute Gasteiger partial charge is 0.497 e. The monoisotopic (exact) mass is 325 g/mol. The average Bonchev–Trinajstić information content (AvgIpc) is 3.26. The number of nitrogen functional groups attached to an aromatic ring is 1. The van der Waals surface area contributed by atoms with Crippen molar-refractivity contribution in [2.45, 2.75) is 12.5 Å². The molecule has 124 valence electrons. The number of nitrogens with zero attached hydrogens (tertiary/aromatic N) is 3. The Kier molecular flexibility index (Phi) is 2.87. The average molecular weight is 325 g/mol. The van der Waals surface area contributed by atoms with E-state index in [1.54, 1.807) is 7.11 Å². The summed E-state index contributed by atoms with van der Waals surface area (Å²) in [6.07, 6.45) is 1.21. The Morgan fingerprint density at radius 2 is 2.25 bits per heavy atom. The van der Waals surface area contributed by atoms with Crippen molar-refractivity contribution in [1.82, 2.24) is 15.3 Å². The number of fused-ring (bicyclic) bond motifs is 4. The fourth-order valence-corrected chi connectivity index (χ4v) is 3.99. The summed E-state index contributed by atoms with van der Waals surface area (Å²) in [5.41, 5.74) is 8.21. The molecule has 4 heterocycles. The number of hydrogen-bond donors (Lipinski definition) is 2. The van der Waals surface area contributed by atoms with Crippen LogP contribution in [0.15, 0.2) is 22.6 Å². The number of rotatable bonds is 2. The van der Waals surface area contributed by atoms with Gasteiger partial charge in [0, 0.05) is 19.1 Å². The van der Waals surface area contributed by atoms with Gasteiger partial charge in [0.05, 0.1) is 12.5 Å². The van der Waals surface area contributed by atoms with E-state index in [4.69, 9.17) is 14.9 Å². The van der Waals surface area contributed by atoms with Crippen LogP contribution < -0.4 is 20.7 Å². The lowest BCUT2D eigenvalue weighted by molar-refractivity contribution is 0.415. The summed E-state index contributed by atoms with van der Waals surface area (Å²) in [7, 11) is 1.65. The van der Waals surface area contributed by atoms with Crippen LogP contribution in [0.2, 0.25) is 0 Å². The van der Waals surface area contributed by atoms with Gasteiger partial charge in [0.1, 0.15) is 16.8 Å². The molecule has 3 N–H and O–H groups in total. The van der Waals surface area contributed by atoms with E-state index in [-0.39, 0.29) is 5.95 Å². The molecule has 0 amide bonds. The molecule has 2 aliphatic rings. The molecule has 2 atom stereocenters. The molecule has 0 radical (unpaired) electrons. The Labute approximate surface area is 138 Å². The van der Waals surface area contributed by atoms with Crippen molar-refractivity contribution in [2.75, 3.05) is 37.4 Å². The van der Waals surface area contributed by atoms with Gasteiger partial charge in [-0.2, -0.15) is 4.98 Å². The molecule has 1 aromatic carbocycles. The van der Waals surface area contributed by atoms with Gasteiger partial charge in [-0.25, -0.2) is 4.98 Å². The van der Waals surface area contributed by atoms with Crippen LogP contribution >= 0.6 is 0 Å². The quantitative estimate of drug-likeness (QED) is 0.742. The van der Waals surface area contributed by atoms with E-state index >= 15 is 0 Å². The van der Waals surface area contributed by atoms with Gasteiger partial charge < -0.3 is 25.1 Å². The van der Waals surface area contributed by atoms with E-state index in [0.29, 0.717) is 17.5 Å². The Balaban J connectivity index is 1.68. The number of nitrogens with one attached hydrogen (secondary N) is 1. The molecule has 3 aromatic rings. The number of anilines is 2. The zero-order valence-electron chi connectivity index (χ0n) is 13.5. The molecular weight excluding hydrogens is 306 g/mol. The molecular formula is C17H19N5O2. The molecule has 2 aromatic heterocycles. The summed E-state index contributed by atoms with van der Waals surface area (Å²) in [5.74, 6) is 2.50. The topological polar surface area (TPSA) is 89.4 Å². The van der Waals surface area contributed by atoms with Gasteiger partial charge in [0.25, 0.3) is 0 Å². The maximum atomic E-state index is 6.07. The first-order valence-corrected chi connectivity index (χ1v) is 8.25. The van der Waals surface area contributed by atoms with Crippen LogP contribution in [0.1, 0.15) is 6.42 Å². The lowest BCUT2D eigenvalue weighted by Gasteiger charge is -2.18. The van der Waals surface area contributed by atoms with Crippen LogP contribution in [0.3, 0.4) is 0 Å². The Morgan fingerprint density at radius 3 is 3.08 bits per heavy atom. The highest BCUT2D eigenvalue weighted by Crippen LogP contribution is 2.37. The first-order chi connectivity index (χ1) is 11.7. The van der Waals surface area contributed by atoms with Crippen LogP contribution in [0.5, 0.6) is 5.75 Å². The van der Waals surface area contributed by atoms with E-state index in [2.05, 4.69) is 20.2 Å². The normalized spacial score (nSPS) is 23.3. The molecule has 0 spiro atoms. The summed E-state index contributed by atoms with van der Waals surface area (Å²) >= 11 is 0. The second-order valence-electron chi connectivity index (χ2n) is 6.56. The maximum absolute atomic E-state index is 6.07. The second kappa shape index (κ2) is 4.98. The van der Waals surface area contributed by atoms with Gasteiger partial charge in [0.2, 0.25) is 5.95 Å². The summed E-state index contributed by atoms with van der Waals surface area (Å²) < 4.78 is 11.4. The third-order valence-electron chi connectivity index (χ3n) is 5.18. The number of nitrogens with two attached hydrogens (primary N) is 1. The van der Waals surface area contributed by atoms with Crippen LogP contribution in [-0.4, -0.2) is 42.8 Å². The molecule has 0 saturated carbocycles. The lowest BCUT2D eigenvalue weighted by Crippen LogP contribution is -2.30. The van der Waals surface area contributed by atoms with E-state index in [0.717, 1.165) is 47.7 Å². The van der Waals surface area contributed by atoms with Gasteiger partial charge in [-0.05, 0) is 37.1 Å². The minimum Gasteiger partial charge on any atom is -0.497 e.